The van der Waals surface area contributed by atoms with Gasteiger partial charge in [-0.05, 0) is 43.4 Å². The van der Waals surface area contributed by atoms with Crippen LogP contribution in [0.2, 0.25) is 0 Å². The summed E-state index contributed by atoms with van der Waals surface area (Å²) >= 11 is 0. The number of nitrogens with zero attached hydrogens (tertiary/aromatic N) is 1. The maximum Gasteiger partial charge on any atom is 0.222 e. The molecule has 6 unspecified atom stereocenters. The molecule has 0 aromatic heterocycles. The second-order valence-corrected chi connectivity index (χ2v) is 9.50. The Morgan fingerprint density at radius 3 is 2.59 bits per heavy atom. The van der Waals surface area contributed by atoms with Gasteiger partial charge < -0.3 is 14.7 Å². The second kappa shape index (κ2) is 5.25. The molecule has 0 aromatic rings. The fourth-order valence-electron chi connectivity index (χ4n) is 6.50. The van der Waals surface area contributed by atoms with E-state index in [9.17, 15) is 24.6 Å². The second-order valence-electron chi connectivity index (χ2n) is 9.50. The van der Waals surface area contributed by atoms with Crippen LogP contribution in [0.1, 0.15) is 32.1 Å². The molecule has 0 amide bonds. The standard InChI is InChI=1S/C21H26NO5/c1-22(11-12-2-3-12)9-8-20-17-13(4-5-14(23)18(17)25)10-16(22)21(20,27)7-6-15(24)19(20)26/h4-5,10,12,15-17,24,27H,2-3,6-9,11H2,1H3/q+1. The number of piperidine rings is 1. The third-order valence-corrected chi connectivity index (χ3v) is 7.97. The Morgan fingerprint density at radius 2 is 1.89 bits per heavy atom. The maximum absolute atomic E-state index is 13.3. The Hall–Kier alpha value is -1.63. The molecule has 1 saturated heterocycles. The molecule has 0 aromatic carbocycles. The van der Waals surface area contributed by atoms with E-state index < -0.39 is 40.4 Å². The number of carbonyl (C=O) groups is 3. The third kappa shape index (κ3) is 2.04. The molecule has 2 bridgehead atoms. The molecule has 2 saturated carbocycles. The first-order valence-corrected chi connectivity index (χ1v) is 10.00. The molecule has 1 aliphatic heterocycles. The lowest BCUT2D eigenvalue weighted by molar-refractivity contribution is -0.944. The Balaban J connectivity index is 1.74. The molecule has 0 radical (unpaired) electrons. The van der Waals surface area contributed by atoms with Crippen LogP contribution < -0.4 is 0 Å². The molecule has 3 fully saturated rings. The SMILES string of the molecule is C[N+]1(CC2CC2)CCC23C(=O)C(O)CCC2(O)C1C=C1C=CC(=O)C(=O)C13. The molecule has 6 nitrogen and oxygen atoms in total. The summed E-state index contributed by atoms with van der Waals surface area (Å²) in [6.07, 6.45) is 6.89. The van der Waals surface area contributed by atoms with Crippen LogP contribution in [0.3, 0.4) is 0 Å². The van der Waals surface area contributed by atoms with E-state index in [4.69, 9.17) is 0 Å². The van der Waals surface area contributed by atoms with Crippen molar-refractivity contribution in [1.29, 1.82) is 0 Å². The first kappa shape index (κ1) is 17.5. The lowest BCUT2D eigenvalue weighted by atomic mass is 9.45. The predicted molar refractivity (Wildman–Crippen MR) is 95.4 cm³/mol. The van der Waals surface area contributed by atoms with E-state index in [0.717, 1.165) is 6.54 Å². The summed E-state index contributed by atoms with van der Waals surface area (Å²) in [5.41, 5.74) is -2.13. The first-order chi connectivity index (χ1) is 12.7. The van der Waals surface area contributed by atoms with Gasteiger partial charge in [0.15, 0.2) is 5.78 Å². The number of hydrogen-bond donors (Lipinski definition) is 2. The molecule has 6 heteroatoms. The average molecular weight is 372 g/mol. The Bertz CT molecular complexity index is 826. The summed E-state index contributed by atoms with van der Waals surface area (Å²) in [6, 6.07) is -0.305. The van der Waals surface area contributed by atoms with Crippen LogP contribution in [0.15, 0.2) is 23.8 Å². The van der Waals surface area contributed by atoms with Crippen molar-refractivity contribution in [2.75, 3.05) is 20.1 Å². The summed E-state index contributed by atoms with van der Waals surface area (Å²) in [6.45, 7) is 1.61. The van der Waals surface area contributed by atoms with E-state index in [1.165, 1.54) is 18.9 Å². The summed E-state index contributed by atoms with van der Waals surface area (Å²) in [7, 11) is 2.14. The predicted octanol–water partition coefficient (Wildman–Crippen LogP) is 0.321. The number of aliphatic hydroxyl groups excluding tert-OH is 1. The fourth-order valence-corrected chi connectivity index (χ4v) is 6.50. The van der Waals surface area contributed by atoms with Gasteiger partial charge >= 0.3 is 0 Å². The monoisotopic (exact) mass is 372 g/mol. The van der Waals surface area contributed by atoms with E-state index >= 15 is 0 Å². The number of hydrogen-bond acceptors (Lipinski definition) is 5. The summed E-state index contributed by atoms with van der Waals surface area (Å²) in [5, 5.41) is 22.3. The number of aliphatic hydroxyl groups is 2. The number of quaternary nitrogens is 1. The van der Waals surface area contributed by atoms with E-state index in [2.05, 4.69) is 7.05 Å². The van der Waals surface area contributed by atoms with Crippen LogP contribution in [0.5, 0.6) is 0 Å². The highest BCUT2D eigenvalue weighted by atomic mass is 16.3. The van der Waals surface area contributed by atoms with Crippen molar-refractivity contribution in [2.45, 2.75) is 49.9 Å². The minimum absolute atomic E-state index is 0.199. The van der Waals surface area contributed by atoms with Gasteiger partial charge in [0, 0.05) is 12.3 Å². The van der Waals surface area contributed by atoms with Crippen LogP contribution in [0.25, 0.3) is 0 Å². The lowest BCUT2D eigenvalue weighted by Gasteiger charge is -2.65. The zero-order valence-corrected chi connectivity index (χ0v) is 15.6. The first-order valence-electron chi connectivity index (χ1n) is 10.00. The Labute approximate surface area is 158 Å². The largest absolute Gasteiger partial charge is 0.385 e. The van der Waals surface area contributed by atoms with Crippen molar-refractivity contribution in [1.82, 2.24) is 0 Å². The average Bonchev–Trinajstić information content (AvgIpc) is 3.43. The highest BCUT2D eigenvalue weighted by Crippen LogP contribution is 2.62. The summed E-state index contributed by atoms with van der Waals surface area (Å²) < 4.78 is 0.651. The van der Waals surface area contributed by atoms with Crippen molar-refractivity contribution in [2.24, 2.45) is 17.3 Å². The van der Waals surface area contributed by atoms with Crippen molar-refractivity contribution in [3.8, 4) is 0 Å². The molecular formula is C21H26NO5+. The smallest absolute Gasteiger partial charge is 0.222 e. The fraction of sp³-hybridized carbons (Fsp3) is 0.667. The molecule has 144 valence electrons. The van der Waals surface area contributed by atoms with Gasteiger partial charge in [-0.1, -0.05) is 6.08 Å². The van der Waals surface area contributed by atoms with Crippen molar-refractivity contribution in [3.05, 3.63) is 23.8 Å². The van der Waals surface area contributed by atoms with Gasteiger partial charge in [-0.3, -0.25) is 14.4 Å². The van der Waals surface area contributed by atoms with Crippen LogP contribution in [-0.4, -0.2) is 69.9 Å². The van der Waals surface area contributed by atoms with Crippen LogP contribution in [0, 0.1) is 17.3 Å². The molecule has 5 aliphatic rings. The highest BCUT2D eigenvalue weighted by Gasteiger charge is 2.75. The zero-order valence-electron chi connectivity index (χ0n) is 15.6. The summed E-state index contributed by atoms with van der Waals surface area (Å²) in [4.78, 5) is 38.3. The molecule has 27 heavy (non-hydrogen) atoms. The quantitative estimate of drug-likeness (QED) is 0.538. The van der Waals surface area contributed by atoms with Gasteiger partial charge in [0.05, 0.1) is 31.5 Å². The normalized spacial score (nSPS) is 48.8. The molecular weight excluding hydrogens is 346 g/mol. The third-order valence-electron chi connectivity index (χ3n) is 7.97. The number of fused-ring (bicyclic) bond motifs is 1. The molecule has 6 atom stereocenters. The number of ketones is 3. The number of likely N-dealkylation sites (tertiary alicyclic amines) is 1. The van der Waals surface area contributed by atoms with Crippen LogP contribution in [-0.2, 0) is 14.4 Å². The van der Waals surface area contributed by atoms with Crippen LogP contribution >= 0.6 is 0 Å². The number of likely N-dealkylation sites (N-methyl/N-ethyl adjacent to an activating group) is 1. The van der Waals surface area contributed by atoms with Crippen molar-refractivity contribution >= 4 is 17.3 Å². The lowest BCUT2D eigenvalue weighted by Crippen LogP contribution is -2.80. The zero-order chi connectivity index (χ0) is 19.2. The molecule has 0 spiro atoms. The Morgan fingerprint density at radius 1 is 1.15 bits per heavy atom. The molecule has 2 N–H and O–H groups in total. The molecule has 4 aliphatic carbocycles. The number of carbonyl (C=O) groups excluding carboxylic acids is 3. The van der Waals surface area contributed by atoms with E-state index in [1.54, 1.807) is 6.08 Å². The number of allylic oxidation sites excluding steroid dienone is 3. The minimum Gasteiger partial charge on any atom is -0.385 e. The van der Waals surface area contributed by atoms with Gasteiger partial charge in [-0.25, -0.2) is 0 Å². The number of rotatable bonds is 2. The topological polar surface area (TPSA) is 91.7 Å². The van der Waals surface area contributed by atoms with Gasteiger partial charge in [-0.15, -0.1) is 0 Å². The van der Waals surface area contributed by atoms with Crippen molar-refractivity contribution < 1.29 is 29.1 Å². The Kier molecular flexibility index (Phi) is 3.39. The van der Waals surface area contributed by atoms with Gasteiger partial charge in [0.1, 0.15) is 17.7 Å². The molecule has 1 heterocycles. The highest BCUT2D eigenvalue weighted by molar-refractivity contribution is 6.44. The van der Waals surface area contributed by atoms with Gasteiger partial charge in [0.25, 0.3) is 0 Å². The van der Waals surface area contributed by atoms with E-state index in [-0.39, 0.29) is 18.9 Å². The van der Waals surface area contributed by atoms with Crippen molar-refractivity contribution in [3.63, 3.8) is 0 Å². The van der Waals surface area contributed by atoms with Gasteiger partial charge in [-0.2, -0.15) is 0 Å². The maximum atomic E-state index is 13.3. The molecule has 5 rings (SSSR count). The number of Topliss-reactive ketones (excluding diaryl/α,β-unsaturated/α-hetero) is 2. The summed E-state index contributed by atoms with van der Waals surface area (Å²) in [5.74, 6) is -2.01. The van der Waals surface area contributed by atoms with Crippen LogP contribution in [0.4, 0.5) is 0 Å². The van der Waals surface area contributed by atoms with Gasteiger partial charge in [0.2, 0.25) is 11.6 Å². The van der Waals surface area contributed by atoms with E-state index in [1.807, 2.05) is 6.08 Å². The van der Waals surface area contributed by atoms with E-state index in [0.29, 0.717) is 28.9 Å². The minimum atomic E-state index is -1.40.